The van der Waals surface area contributed by atoms with Gasteiger partial charge in [-0.25, -0.2) is 4.98 Å². The van der Waals surface area contributed by atoms with Crippen LogP contribution in [0.4, 0.5) is 0 Å². The van der Waals surface area contributed by atoms with Gasteiger partial charge in [-0.05, 0) is 49.4 Å². The number of benzene rings is 1. The molecule has 16 heavy (non-hydrogen) atoms. The van der Waals surface area contributed by atoms with E-state index >= 15 is 0 Å². The second-order valence-electron chi connectivity index (χ2n) is 5.10. The van der Waals surface area contributed by atoms with Crippen molar-refractivity contribution < 1.29 is 0 Å². The van der Waals surface area contributed by atoms with Crippen LogP contribution in [0, 0.1) is 19.8 Å². The van der Waals surface area contributed by atoms with E-state index in [0.717, 1.165) is 18.0 Å². The molecule has 0 bridgehead atoms. The zero-order valence-electron chi connectivity index (χ0n) is 10.0. The highest BCUT2D eigenvalue weighted by Gasteiger charge is 2.20. The van der Waals surface area contributed by atoms with E-state index in [1.54, 1.807) is 0 Å². The van der Waals surface area contributed by atoms with Crippen molar-refractivity contribution >= 4 is 11.0 Å². The minimum atomic E-state index is 0.990. The Bertz CT molecular complexity index is 521. The first-order chi connectivity index (χ1) is 7.74. The molecule has 1 saturated carbocycles. The summed E-state index contributed by atoms with van der Waals surface area (Å²) in [7, 11) is 0. The quantitative estimate of drug-likeness (QED) is 0.765. The lowest BCUT2D eigenvalue weighted by Crippen LogP contribution is -1.97. The van der Waals surface area contributed by atoms with E-state index in [2.05, 4.69) is 35.5 Å². The summed E-state index contributed by atoms with van der Waals surface area (Å²) < 4.78 is 2.31. The van der Waals surface area contributed by atoms with Crippen molar-refractivity contribution in [1.82, 2.24) is 9.55 Å². The van der Waals surface area contributed by atoms with E-state index in [4.69, 9.17) is 0 Å². The predicted octanol–water partition coefficient (Wildman–Crippen LogP) is 3.45. The van der Waals surface area contributed by atoms with Crippen molar-refractivity contribution in [2.45, 2.75) is 39.7 Å². The minimum absolute atomic E-state index is 0.990. The van der Waals surface area contributed by atoms with Gasteiger partial charge in [-0.2, -0.15) is 0 Å². The van der Waals surface area contributed by atoms with Gasteiger partial charge >= 0.3 is 0 Å². The Balaban J connectivity index is 1.94. The molecule has 0 atom stereocenters. The third-order valence-corrected chi connectivity index (χ3v) is 3.71. The first-order valence-electron chi connectivity index (χ1n) is 6.16. The minimum Gasteiger partial charge on any atom is -0.331 e. The standard InChI is InChI=1S/C14H18N2/c1-10-7-13-14(8-11(10)2)16(9-15-13)6-5-12-3-4-12/h7-9,12H,3-6H2,1-2H3. The van der Waals surface area contributed by atoms with Crippen LogP contribution in [0.2, 0.25) is 0 Å². The Hall–Kier alpha value is -1.31. The number of aromatic nitrogens is 2. The highest BCUT2D eigenvalue weighted by atomic mass is 15.0. The number of hydrogen-bond donors (Lipinski definition) is 0. The summed E-state index contributed by atoms with van der Waals surface area (Å²) in [5, 5.41) is 0. The summed E-state index contributed by atoms with van der Waals surface area (Å²) in [5.74, 6) is 0.990. The van der Waals surface area contributed by atoms with Crippen LogP contribution in [-0.2, 0) is 6.54 Å². The van der Waals surface area contributed by atoms with Crippen LogP contribution in [0.3, 0.4) is 0 Å². The fourth-order valence-corrected chi connectivity index (χ4v) is 2.22. The molecule has 0 amide bonds. The largest absolute Gasteiger partial charge is 0.331 e. The highest BCUT2D eigenvalue weighted by molar-refractivity contribution is 5.77. The number of rotatable bonds is 3. The first-order valence-corrected chi connectivity index (χ1v) is 6.16. The molecule has 0 radical (unpaired) electrons. The van der Waals surface area contributed by atoms with Crippen molar-refractivity contribution in [3.63, 3.8) is 0 Å². The third-order valence-electron chi connectivity index (χ3n) is 3.71. The lowest BCUT2D eigenvalue weighted by molar-refractivity contribution is 0.608. The predicted molar refractivity (Wildman–Crippen MR) is 66.5 cm³/mol. The van der Waals surface area contributed by atoms with Gasteiger partial charge in [0.2, 0.25) is 0 Å². The molecule has 0 N–H and O–H groups in total. The second kappa shape index (κ2) is 3.62. The molecular weight excluding hydrogens is 196 g/mol. The van der Waals surface area contributed by atoms with Crippen molar-refractivity contribution in [2.24, 2.45) is 5.92 Å². The van der Waals surface area contributed by atoms with Crippen LogP contribution in [-0.4, -0.2) is 9.55 Å². The maximum absolute atomic E-state index is 4.48. The van der Waals surface area contributed by atoms with E-state index in [-0.39, 0.29) is 0 Å². The van der Waals surface area contributed by atoms with Crippen LogP contribution in [0.15, 0.2) is 18.5 Å². The maximum Gasteiger partial charge on any atom is 0.0958 e. The molecule has 84 valence electrons. The van der Waals surface area contributed by atoms with E-state index < -0.39 is 0 Å². The zero-order chi connectivity index (χ0) is 11.1. The fourth-order valence-electron chi connectivity index (χ4n) is 2.22. The first kappa shape index (κ1) is 9.88. The molecule has 1 aliphatic carbocycles. The highest BCUT2D eigenvalue weighted by Crippen LogP contribution is 2.33. The van der Waals surface area contributed by atoms with Gasteiger partial charge in [-0.15, -0.1) is 0 Å². The molecule has 0 spiro atoms. The summed E-state index contributed by atoms with van der Waals surface area (Å²) in [6.45, 7) is 5.45. The van der Waals surface area contributed by atoms with Gasteiger partial charge < -0.3 is 4.57 Å². The van der Waals surface area contributed by atoms with Gasteiger partial charge in [0.1, 0.15) is 0 Å². The average Bonchev–Trinajstić information content (AvgIpc) is 3.01. The molecule has 2 aromatic rings. The summed E-state index contributed by atoms with van der Waals surface area (Å²) in [5.41, 5.74) is 5.13. The number of fused-ring (bicyclic) bond motifs is 1. The second-order valence-corrected chi connectivity index (χ2v) is 5.10. The molecule has 1 heterocycles. The van der Waals surface area contributed by atoms with E-state index in [0.29, 0.717) is 0 Å². The van der Waals surface area contributed by atoms with Gasteiger partial charge in [0.25, 0.3) is 0 Å². The fraction of sp³-hybridized carbons (Fsp3) is 0.500. The van der Waals surface area contributed by atoms with Crippen LogP contribution in [0.25, 0.3) is 11.0 Å². The van der Waals surface area contributed by atoms with Crippen molar-refractivity contribution in [3.05, 3.63) is 29.6 Å². The molecule has 0 saturated heterocycles. The van der Waals surface area contributed by atoms with Crippen LogP contribution in [0.1, 0.15) is 30.4 Å². The van der Waals surface area contributed by atoms with E-state index in [1.165, 1.54) is 35.9 Å². The van der Waals surface area contributed by atoms with E-state index in [1.807, 2.05) is 6.33 Å². The number of nitrogens with zero attached hydrogens (tertiary/aromatic N) is 2. The van der Waals surface area contributed by atoms with Crippen molar-refractivity contribution in [3.8, 4) is 0 Å². The number of aryl methyl sites for hydroxylation is 3. The molecule has 1 aromatic heterocycles. The molecule has 1 aliphatic rings. The molecule has 2 heteroatoms. The molecule has 0 unspecified atom stereocenters. The Morgan fingerprint density at radius 3 is 2.75 bits per heavy atom. The van der Waals surface area contributed by atoms with Gasteiger partial charge in [-0.3, -0.25) is 0 Å². The van der Waals surface area contributed by atoms with Gasteiger partial charge in [-0.1, -0.05) is 12.8 Å². The zero-order valence-corrected chi connectivity index (χ0v) is 10.0. The summed E-state index contributed by atoms with van der Waals surface area (Å²) in [6, 6.07) is 4.46. The summed E-state index contributed by atoms with van der Waals surface area (Å²) in [6.07, 6.45) is 6.18. The Kier molecular flexibility index (Phi) is 2.23. The van der Waals surface area contributed by atoms with Crippen LogP contribution < -0.4 is 0 Å². The Morgan fingerprint density at radius 2 is 2.00 bits per heavy atom. The number of hydrogen-bond acceptors (Lipinski definition) is 1. The van der Waals surface area contributed by atoms with Gasteiger partial charge in [0.15, 0.2) is 0 Å². The summed E-state index contributed by atoms with van der Waals surface area (Å²) in [4.78, 5) is 4.48. The van der Waals surface area contributed by atoms with Crippen molar-refractivity contribution in [1.29, 1.82) is 0 Å². The van der Waals surface area contributed by atoms with Crippen molar-refractivity contribution in [2.75, 3.05) is 0 Å². The average molecular weight is 214 g/mol. The normalized spacial score (nSPS) is 15.9. The molecule has 0 aliphatic heterocycles. The van der Waals surface area contributed by atoms with Crippen LogP contribution in [0.5, 0.6) is 0 Å². The summed E-state index contributed by atoms with van der Waals surface area (Å²) >= 11 is 0. The van der Waals surface area contributed by atoms with E-state index in [9.17, 15) is 0 Å². The topological polar surface area (TPSA) is 17.8 Å². The van der Waals surface area contributed by atoms with Gasteiger partial charge in [0, 0.05) is 6.54 Å². The molecule has 3 rings (SSSR count). The monoisotopic (exact) mass is 214 g/mol. The molecule has 2 nitrogen and oxygen atoms in total. The smallest absolute Gasteiger partial charge is 0.0958 e. The SMILES string of the molecule is Cc1cc2ncn(CCC3CC3)c2cc1C. The molecular formula is C14H18N2. The van der Waals surface area contributed by atoms with Gasteiger partial charge in [0.05, 0.1) is 17.4 Å². The Morgan fingerprint density at radius 1 is 1.25 bits per heavy atom. The molecule has 1 fully saturated rings. The lowest BCUT2D eigenvalue weighted by Gasteiger charge is -2.05. The molecule has 1 aromatic carbocycles. The number of imidazole rings is 1. The Labute approximate surface area is 96.3 Å². The third kappa shape index (κ3) is 1.73. The van der Waals surface area contributed by atoms with Crippen LogP contribution >= 0.6 is 0 Å². The maximum atomic E-state index is 4.48. The lowest BCUT2D eigenvalue weighted by atomic mass is 10.1.